The maximum Gasteiger partial charge on any atom is 0.165 e. The maximum atomic E-state index is 13.4. The highest BCUT2D eigenvalue weighted by Gasteiger charge is 2.18. The molecule has 0 aliphatic carbocycles. The van der Waals surface area contributed by atoms with Gasteiger partial charge in [-0.15, -0.1) is 0 Å². The van der Waals surface area contributed by atoms with Gasteiger partial charge in [0.15, 0.2) is 11.6 Å². The van der Waals surface area contributed by atoms with Crippen molar-refractivity contribution in [2.75, 3.05) is 18.5 Å². The molecule has 1 heterocycles. The lowest BCUT2D eigenvalue weighted by molar-refractivity contribution is 0.242. The van der Waals surface area contributed by atoms with E-state index in [-0.39, 0.29) is 5.82 Å². The molecule has 0 saturated carbocycles. The van der Waals surface area contributed by atoms with E-state index in [1.807, 2.05) is 12.1 Å². The molecular weight excluding hydrogens is 241 g/mol. The minimum Gasteiger partial charge on any atom is -0.490 e. The van der Waals surface area contributed by atoms with Crippen LogP contribution < -0.4 is 10.1 Å². The molecule has 0 fully saturated rings. The summed E-state index contributed by atoms with van der Waals surface area (Å²) in [7, 11) is 0. The smallest absolute Gasteiger partial charge is 0.165 e. The minimum atomic E-state index is -0.299. The second-order valence-electron chi connectivity index (χ2n) is 4.85. The van der Waals surface area contributed by atoms with Crippen molar-refractivity contribution in [2.45, 2.75) is 6.42 Å². The number of hydrogen-bond donors (Lipinski definition) is 1. The molecule has 0 spiro atoms. The van der Waals surface area contributed by atoms with Crippen LogP contribution in [0.25, 0.3) is 0 Å². The number of para-hydroxylation sites is 2. The summed E-state index contributed by atoms with van der Waals surface area (Å²) in [6, 6.07) is 14.8. The molecule has 0 radical (unpaired) electrons. The Morgan fingerprint density at radius 3 is 2.79 bits per heavy atom. The molecule has 1 unspecified atom stereocenters. The van der Waals surface area contributed by atoms with Gasteiger partial charge in [0.05, 0.1) is 6.61 Å². The highest BCUT2D eigenvalue weighted by atomic mass is 19.1. The van der Waals surface area contributed by atoms with Crippen LogP contribution in [0, 0.1) is 11.7 Å². The molecule has 1 atom stereocenters. The van der Waals surface area contributed by atoms with Crippen LogP contribution in [-0.2, 0) is 6.42 Å². The molecule has 1 N–H and O–H groups in total. The number of rotatable bonds is 3. The van der Waals surface area contributed by atoms with E-state index in [0.29, 0.717) is 18.3 Å². The largest absolute Gasteiger partial charge is 0.490 e. The minimum absolute atomic E-state index is 0.299. The van der Waals surface area contributed by atoms with Crippen molar-refractivity contribution < 1.29 is 9.13 Å². The number of fused-ring (bicyclic) bond motifs is 1. The van der Waals surface area contributed by atoms with Gasteiger partial charge in [0.1, 0.15) is 0 Å². The SMILES string of the molecule is Fc1ccccc1OCC1CNc2ccccc2C1. The van der Waals surface area contributed by atoms with Gasteiger partial charge in [-0.2, -0.15) is 0 Å². The van der Waals surface area contributed by atoms with Crippen LogP contribution in [0.4, 0.5) is 10.1 Å². The lowest BCUT2D eigenvalue weighted by Crippen LogP contribution is -2.28. The van der Waals surface area contributed by atoms with Crippen LogP contribution in [0.1, 0.15) is 5.56 Å². The lowest BCUT2D eigenvalue weighted by atomic mass is 9.95. The second-order valence-corrected chi connectivity index (χ2v) is 4.85. The van der Waals surface area contributed by atoms with E-state index in [0.717, 1.165) is 13.0 Å². The third-order valence-electron chi connectivity index (χ3n) is 3.42. The monoisotopic (exact) mass is 257 g/mol. The molecule has 0 bridgehead atoms. The van der Waals surface area contributed by atoms with Crippen LogP contribution in [0.2, 0.25) is 0 Å². The first-order valence-electron chi connectivity index (χ1n) is 6.52. The highest BCUT2D eigenvalue weighted by Crippen LogP contribution is 2.25. The van der Waals surface area contributed by atoms with Crippen molar-refractivity contribution in [3.05, 3.63) is 59.9 Å². The number of halogens is 1. The van der Waals surface area contributed by atoms with E-state index in [1.165, 1.54) is 17.3 Å². The maximum absolute atomic E-state index is 13.4. The summed E-state index contributed by atoms with van der Waals surface area (Å²) in [4.78, 5) is 0. The Morgan fingerprint density at radius 1 is 1.11 bits per heavy atom. The average molecular weight is 257 g/mol. The Labute approximate surface area is 112 Å². The molecule has 19 heavy (non-hydrogen) atoms. The molecule has 0 saturated heterocycles. The van der Waals surface area contributed by atoms with Gasteiger partial charge in [-0.3, -0.25) is 0 Å². The summed E-state index contributed by atoms with van der Waals surface area (Å²) >= 11 is 0. The van der Waals surface area contributed by atoms with Crippen LogP contribution in [0.5, 0.6) is 5.75 Å². The van der Waals surface area contributed by atoms with E-state index in [2.05, 4.69) is 17.4 Å². The fourth-order valence-electron chi connectivity index (χ4n) is 2.40. The quantitative estimate of drug-likeness (QED) is 0.908. The van der Waals surface area contributed by atoms with Gasteiger partial charge >= 0.3 is 0 Å². The van der Waals surface area contributed by atoms with E-state index >= 15 is 0 Å². The predicted molar refractivity (Wildman–Crippen MR) is 74.0 cm³/mol. The Kier molecular flexibility index (Phi) is 3.36. The van der Waals surface area contributed by atoms with Gasteiger partial charge in [-0.25, -0.2) is 4.39 Å². The van der Waals surface area contributed by atoms with Gasteiger partial charge in [0.25, 0.3) is 0 Å². The molecule has 0 amide bonds. The number of nitrogens with one attached hydrogen (secondary N) is 1. The second kappa shape index (κ2) is 5.31. The van der Waals surface area contributed by atoms with Crippen molar-refractivity contribution in [1.29, 1.82) is 0 Å². The van der Waals surface area contributed by atoms with Crippen molar-refractivity contribution >= 4 is 5.69 Å². The normalized spacial score (nSPS) is 17.4. The number of ether oxygens (including phenoxy) is 1. The van der Waals surface area contributed by atoms with Gasteiger partial charge in [-0.1, -0.05) is 30.3 Å². The summed E-state index contributed by atoms with van der Waals surface area (Å²) in [5.41, 5.74) is 2.50. The summed E-state index contributed by atoms with van der Waals surface area (Å²) < 4.78 is 19.0. The van der Waals surface area contributed by atoms with Gasteiger partial charge in [0.2, 0.25) is 0 Å². The molecule has 98 valence electrons. The highest BCUT2D eigenvalue weighted by molar-refractivity contribution is 5.53. The molecule has 2 aromatic rings. The summed E-state index contributed by atoms with van der Waals surface area (Å²) in [6.45, 7) is 1.40. The van der Waals surface area contributed by atoms with E-state index in [4.69, 9.17) is 4.74 Å². The predicted octanol–water partition coefficient (Wildman–Crippen LogP) is 3.49. The van der Waals surface area contributed by atoms with Gasteiger partial charge < -0.3 is 10.1 Å². The Hall–Kier alpha value is -2.03. The zero-order chi connectivity index (χ0) is 13.1. The molecule has 0 aromatic heterocycles. The van der Waals surface area contributed by atoms with Crippen molar-refractivity contribution in [3.63, 3.8) is 0 Å². The topological polar surface area (TPSA) is 21.3 Å². The molecular formula is C16H16FNO. The van der Waals surface area contributed by atoms with Crippen LogP contribution in [0.3, 0.4) is 0 Å². The number of hydrogen-bond acceptors (Lipinski definition) is 2. The van der Waals surface area contributed by atoms with Crippen LogP contribution >= 0.6 is 0 Å². The fourth-order valence-corrected chi connectivity index (χ4v) is 2.40. The number of anilines is 1. The zero-order valence-corrected chi connectivity index (χ0v) is 10.6. The van der Waals surface area contributed by atoms with Crippen LogP contribution in [0.15, 0.2) is 48.5 Å². The van der Waals surface area contributed by atoms with Crippen molar-refractivity contribution in [3.8, 4) is 5.75 Å². The standard InChI is InChI=1S/C16H16FNO/c17-14-6-2-4-8-16(14)19-11-12-9-13-5-1-3-7-15(13)18-10-12/h1-8,12,18H,9-11H2. The molecule has 2 nitrogen and oxygen atoms in total. The summed E-state index contributed by atoms with van der Waals surface area (Å²) in [5, 5.41) is 3.39. The fraction of sp³-hybridized carbons (Fsp3) is 0.250. The summed E-state index contributed by atoms with van der Waals surface area (Å²) in [5.74, 6) is 0.405. The van der Waals surface area contributed by atoms with Crippen molar-refractivity contribution in [1.82, 2.24) is 0 Å². The third-order valence-corrected chi connectivity index (χ3v) is 3.42. The molecule has 2 aromatic carbocycles. The molecule has 3 heteroatoms. The first-order valence-corrected chi connectivity index (χ1v) is 6.52. The lowest BCUT2D eigenvalue weighted by Gasteiger charge is -2.26. The Bertz CT molecular complexity index is 570. The molecule has 1 aliphatic heterocycles. The van der Waals surface area contributed by atoms with E-state index < -0.39 is 0 Å². The molecule has 3 rings (SSSR count). The summed E-state index contributed by atoms with van der Waals surface area (Å²) in [6.07, 6.45) is 0.970. The van der Waals surface area contributed by atoms with E-state index in [9.17, 15) is 4.39 Å². The average Bonchev–Trinajstić information content (AvgIpc) is 2.46. The third kappa shape index (κ3) is 2.70. The Balaban J connectivity index is 1.62. The van der Waals surface area contributed by atoms with Crippen LogP contribution in [-0.4, -0.2) is 13.2 Å². The molecule has 1 aliphatic rings. The van der Waals surface area contributed by atoms with Gasteiger partial charge in [-0.05, 0) is 30.2 Å². The first-order chi connectivity index (χ1) is 9.33. The first kappa shape index (κ1) is 12.0. The number of benzene rings is 2. The zero-order valence-electron chi connectivity index (χ0n) is 10.6. The Morgan fingerprint density at radius 2 is 1.89 bits per heavy atom. The van der Waals surface area contributed by atoms with Gasteiger partial charge in [0, 0.05) is 18.2 Å². The van der Waals surface area contributed by atoms with E-state index in [1.54, 1.807) is 18.2 Å². The van der Waals surface area contributed by atoms with Crippen molar-refractivity contribution in [2.24, 2.45) is 5.92 Å².